The van der Waals surface area contributed by atoms with Crippen LogP contribution in [0.1, 0.15) is 50.4 Å². The molecular formula is C28H32N6O. The Morgan fingerprint density at radius 1 is 1.09 bits per heavy atom. The van der Waals surface area contributed by atoms with E-state index in [2.05, 4.69) is 70.1 Å². The fraction of sp³-hybridized carbons (Fsp3) is 0.286. The topological polar surface area (TPSA) is 77.8 Å². The zero-order valence-corrected chi connectivity index (χ0v) is 20.8. The fourth-order valence-corrected chi connectivity index (χ4v) is 4.07. The largest absolute Gasteiger partial charge is 0.501 e. The maximum atomic E-state index is 5.66. The standard InChI is InChI=1S/C28H32N6O/c1-5-6-10-20(2)26(21(3)35-4)23-15-25-27(31-16-23)33-28(32-18-24-17-29-13-14-30-24)34(25)19-22-11-8-7-9-12-22/h7-17H,5-6,18-19H2,1-4H3,(H,31,32,33)/b20-10+,26-21+. The predicted octanol–water partition coefficient (Wildman–Crippen LogP) is 6.01. The molecule has 0 saturated heterocycles. The van der Waals surface area contributed by atoms with E-state index in [4.69, 9.17) is 14.7 Å². The highest BCUT2D eigenvalue weighted by molar-refractivity contribution is 5.85. The number of benzene rings is 1. The van der Waals surface area contributed by atoms with Gasteiger partial charge >= 0.3 is 0 Å². The molecule has 0 aliphatic heterocycles. The lowest BCUT2D eigenvalue weighted by Gasteiger charge is -2.14. The first-order chi connectivity index (χ1) is 17.1. The molecule has 4 rings (SSSR count). The van der Waals surface area contributed by atoms with Gasteiger partial charge < -0.3 is 14.6 Å². The predicted molar refractivity (Wildman–Crippen MR) is 141 cm³/mol. The number of fused-ring (bicyclic) bond motifs is 1. The summed E-state index contributed by atoms with van der Waals surface area (Å²) < 4.78 is 7.83. The number of ether oxygens (including phenoxy) is 1. The van der Waals surface area contributed by atoms with Gasteiger partial charge in [-0.15, -0.1) is 0 Å². The molecule has 0 atom stereocenters. The lowest BCUT2D eigenvalue weighted by Crippen LogP contribution is -2.09. The highest BCUT2D eigenvalue weighted by Crippen LogP contribution is 2.30. The Hall–Kier alpha value is -4.00. The van der Waals surface area contributed by atoms with Gasteiger partial charge in [-0.2, -0.15) is 4.98 Å². The normalized spacial score (nSPS) is 12.5. The van der Waals surface area contributed by atoms with Gasteiger partial charge in [-0.3, -0.25) is 9.97 Å². The Labute approximate surface area is 206 Å². The van der Waals surface area contributed by atoms with Gasteiger partial charge in [0, 0.05) is 29.7 Å². The van der Waals surface area contributed by atoms with Crippen LogP contribution in [-0.4, -0.2) is 31.6 Å². The molecule has 1 N–H and O–H groups in total. The number of nitrogens with zero attached hydrogens (tertiary/aromatic N) is 5. The van der Waals surface area contributed by atoms with Gasteiger partial charge in [0.25, 0.3) is 0 Å². The molecule has 0 spiro atoms. The summed E-state index contributed by atoms with van der Waals surface area (Å²) in [5, 5.41) is 3.43. The number of unbranched alkanes of at least 4 members (excludes halogenated alkanes) is 1. The van der Waals surface area contributed by atoms with Gasteiger partial charge in [-0.25, -0.2) is 4.98 Å². The van der Waals surface area contributed by atoms with Crippen molar-refractivity contribution in [3.05, 3.63) is 95.4 Å². The Morgan fingerprint density at radius 2 is 1.91 bits per heavy atom. The number of aromatic nitrogens is 5. The number of anilines is 1. The zero-order chi connectivity index (χ0) is 24.6. The van der Waals surface area contributed by atoms with Crippen LogP contribution in [0.4, 0.5) is 5.95 Å². The van der Waals surface area contributed by atoms with Crippen molar-refractivity contribution >= 4 is 22.7 Å². The van der Waals surface area contributed by atoms with Gasteiger partial charge in [0.2, 0.25) is 5.95 Å². The first-order valence-electron chi connectivity index (χ1n) is 11.9. The monoisotopic (exact) mass is 468 g/mol. The first-order valence-corrected chi connectivity index (χ1v) is 11.9. The Kier molecular flexibility index (Phi) is 7.88. The third-order valence-corrected chi connectivity index (χ3v) is 5.91. The third-order valence-electron chi connectivity index (χ3n) is 5.91. The van der Waals surface area contributed by atoms with Crippen LogP contribution >= 0.6 is 0 Å². The average molecular weight is 469 g/mol. The Morgan fingerprint density at radius 3 is 2.63 bits per heavy atom. The molecule has 3 aromatic heterocycles. The van der Waals surface area contributed by atoms with Crippen LogP contribution in [0.2, 0.25) is 0 Å². The molecule has 0 saturated carbocycles. The van der Waals surface area contributed by atoms with E-state index < -0.39 is 0 Å². The number of methoxy groups -OCH3 is 1. The minimum atomic E-state index is 0.519. The molecule has 35 heavy (non-hydrogen) atoms. The number of imidazole rings is 1. The summed E-state index contributed by atoms with van der Waals surface area (Å²) in [6, 6.07) is 12.5. The summed E-state index contributed by atoms with van der Waals surface area (Å²) in [7, 11) is 1.71. The van der Waals surface area contributed by atoms with Crippen LogP contribution < -0.4 is 5.32 Å². The highest BCUT2D eigenvalue weighted by Gasteiger charge is 2.16. The van der Waals surface area contributed by atoms with Gasteiger partial charge in [0.1, 0.15) is 5.76 Å². The molecule has 4 aromatic rings. The summed E-state index contributed by atoms with van der Waals surface area (Å²) in [5.41, 5.74) is 6.93. The Balaban J connectivity index is 1.79. The van der Waals surface area contributed by atoms with Gasteiger partial charge in [0.15, 0.2) is 5.65 Å². The smallest absolute Gasteiger partial charge is 0.206 e. The second kappa shape index (κ2) is 11.4. The maximum absolute atomic E-state index is 5.66. The van der Waals surface area contributed by atoms with E-state index in [9.17, 15) is 0 Å². The number of pyridine rings is 1. The molecule has 3 heterocycles. The van der Waals surface area contributed by atoms with Crippen molar-refractivity contribution in [3.8, 4) is 0 Å². The third kappa shape index (κ3) is 5.74. The molecule has 7 heteroatoms. The van der Waals surface area contributed by atoms with Crippen molar-refractivity contribution in [1.29, 1.82) is 0 Å². The summed E-state index contributed by atoms with van der Waals surface area (Å²) >= 11 is 0. The van der Waals surface area contributed by atoms with Crippen LogP contribution in [0.3, 0.4) is 0 Å². The van der Waals surface area contributed by atoms with Gasteiger partial charge in [0.05, 0.1) is 37.6 Å². The van der Waals surface area contributed by atoms with E-state index >= 15 is 0 Å². The molecular weight excluding hydrogens is 436 g/mol. The van der Waals surface area contributed by atoms with Crippen molar-refractivity contribution in [1.82, 2.24) is 24.5 Å². The first kappa shape index (κ1) is 24.1. The second-order valence-electron chi connectivity index (χ2n) is 8.44. The Bertz CT molecular complexity index is 1330. The molecule has 7 nitrogen and oxygen atoms in total. The molecule has 0 amide bonds. The molecule has 0 bridgehead atoms. The fourth-order valence-electron chi connectivity index (χ4n) is 4.07. The quantitative estimate of drug-likeness (QED) is 0.227. The number of nitrogens with one attached hydrogen (secondary N) is 1. The van der Waals surface area contributed by atoms with E-state index in [0.717, 1.165) is 46.9 Å². The van der Waals surface area contributed by atoms with Crippen molar-refractivity contribution in [2.24, 2.45) is 0 Å². The summed E-state index contributed by atoms with van der Waals surface area (Å²) in [5.74, 6) is 1.61. The summed E-state index contributed by atoms with van der Waals surface area (Å²) in [6.07, 6.45) is 11.4. The van der Waals surface area contributed by atoms with E-state index in [-0.39, 0.29) is 0 Å². The lowest BCUT2D eigenvalue weighted by atomic mass is 9.98. The number of hydrogen-bond donors (Lipinski definition) is 1. The maximum Gasteiger partial charge on any atom is 0.206 e. The lowest BCUT2D eigenvalue weighted by molar-refractivity contribution is 0.296. The number of hydrogen-bond acceptors (Lipinski definition) is 6. The minimum Gasteiger partial charge on any atom is -0.501 e. The van der Waals surface area contributed by atoms with E-state index in [1.807, 2.05) is 19.2 Å². The van der Waals surface area contributed by atoms with Crippen LogP contribution in [0, 0.1) is 0 Å². The molecule has 180 valence electrons. The molecule has 0 fully saturated rings. The van der Waals surface area contributed by atoms with Crippen molar-refractivity contribution in [2.45, 2.75) is 46.7 Å². The SMILES string of the molecule is CCC/C=C(C)/C(=C(/C)OC)c1cnc2nc(NCc3cnccn3)n(Cc3ccccc3)c2c1. The summed E-state index contributed by atoms with van der Waals surface area (Å²) in [6.45, 7) is 7.50. The molecule has 0 aliphatic rings. The minimum absolute atomic E-state index is 0.519. The second-order valence-corrected chi connectivity index (χ2v) is 8.44. The van der Waals surface area contributed by atoms with Crippen molar-refractivity contribution < 1.29 is 4.74 Å². The van der Waals surface area contributed by atoms with Crippen LogP contribution in [0.25, 0.3) is 16.7 Å². The van der Waals surface area contributed by atoms with Crippen molar-refractivity contribution in [2.75, 3.05) is 12.4 Å². The van der Waals surface area contributed by atoms with Crippen LogP contribution in [-0.2, 0) is 17.8 Å². The van der Waals surface area contributed by atoms with Crippen molar-refractivity contribution in [3.63, 3.8) is 0 Å². The zero-order valence-electron chi connectivity index (χ0n) is 20.8. The average Bonchev–Trinajstić information content (AvgIpc) is 3.24. The van der Waals surface area contributed by atoms with E-state index in [1.165, 1.54) is 11.1 Å². The van der Waals surface area contributed by atoms with E-state index in [1.54, 1.807) is 25.7 Å². The highest BCUT2D eigenvalue weighted by atomic mass is 16.5. The van der Waals surface area contributed by atoms with Crippen LogP contribution in [0.5, 0.6) is 0 Å². The number of allylic oxidation sites excluding steroid dienone is 4. The molecule has 0 unspecified atom stereocenters. The molecule has 0 radical (unpaired) electrons. The number of rotatable bonds is 10. The van der Waals surface area contributed by atoms with Gasteiger partial charge in [-0.05, 0) is 37.5 Å². The summed E-state index contributed by atoms with van der Waals surface area (Å²) in [4.78, 5) is 18.1. The molecule has 0 aliphatic carbocycles. The van der Waals surface area contributed by atoms with Gasteiger partial charge in [-0.1, -0.05) is 49.8 Å². The van der Waals surface area contributed by atoms with Crippen LogP contribution in [0.15, 0.2) is 78.6 Å². The molecule has 1 aromatic carbocycles. The van der Waals surface area contributed by atoms with E-state index in [0.29, 0.717) is 18.7 Å².